The van der Waals surface area contributed by atoms with E-state index in [-0.39, 0.29) is 6.54 Å². The summed E-state index contributed by atoms with van der Waals surface area (Å²) in [5.74, 6) is 0. The number of piperidine rings is 1. The molecule has 1 unspecified atom stereocenters. The molecule has 0 spiro atoms. The first kappa shape index (κ1) is 11.1. The molecule has 0 saturated carbocycles. The smallest absolute Gasteiger partial charge is 0.290 e. The third-order valence-electron chi connectivity index (χ3n) is 2.61. The van der Waals surface area contributed by atoms with E-state index >= 15 is 0 Å². The number of carbonyl (C=O) groups is 1. The highest BCUT2D eigenvalue weighted by Gasteiger charge is 2.49. The number of hydrogen-bond acceptors (Lipinski definition) is 4. The van der Waals surface area contributed by atoms with Crippen LogP contribution in [0.3, 0.4) is 0 Å². The Kier molecular flexibility index (Phi) is 2.49. The lowest BCUT2D eigenvalue weighted by Crippen LogP contribution is -2.37. The zero-order chi connectivity index (χ0) is 11.9. The van der Waals surface area contributed by atoms with Gasteiger partial charge in [0, 0.05) is 6.42 Å². The lowest BCUT2D eigenvalue weighted by Gasteiger charge is -2.21. The number of urea groups is 1. The number of nitrogens with zero attached hydrogens (tertiary/aromatic N) is 3. The van der Waals surface area contributed by atoms with Crippen molar-refractivity contribution in [2.75, 3.05) is 6.54 Å². The molecule has 2 atom stereocenters. The van der Waals surface area contributed by atoms with Crippen molar-refractivity contribution in [2.24, 2.45) is 0 Å². The number of rotatable bonds is 2. The summed E-state index contributed by atoms with van der Waals surface area (Å²) in [7, 11) is -4.70. The maximum Gasteiger partial charge on any atom is 0.418 e. The molecule has 1 N–H and O–H groups in total. The molecule has 2 saturated heterocycles. The first-order valence-corrected chi connectivity index (χ1v) is 5.92. The van der Waals surface area contributed by atoms with Gasteiger partial charge < -0.3 is 0 Å². The molecule has 9 heteroatoms. The van der Waals surface area contributed by atoms with Crippen LogP contribution in [0.2, 0.25) is 0 Å². The standard InChI is InChI=1S/C7H9N3O5S/c1-8-6-3-2-5-4-9(6)7(11)10(5)15-16(12,13)14/h5-6H,2-4H2,(H,12,13,14)/t5-,6?/m1/s1. The molecule has 0 aliphatic carbocycles. The number of hydroxylamine groups is 2. The second-order valence-electron chi connectivity index (χ2n) is 3.60. The Labute approximate surface area is 92.1 Å². The van der Waals surface area contributed by atoms with Crippen LogP contribution in [0, 0.1) is 6.57 Å². The van der Waals surface area contributed by atoms with Gasteiger partial charge in [-0.3, -0.25) is 14.3 Å². The van der Waals surface area contributed by atoms with Crippen molar-refractivity contribution >= 4 is 16.4 Å². The first-order chi connectivity index (χ1) is 7.42. The molecular formula is C7H9N3O5S. The van der Waals surface area contributed by atoms with Gasteiger partial charge in [0.05, 0.1) is 12.6 Å². The molecule has 0 aromatic rings. The van der Waals surface area contributed by atoms with Gasteiger partial charge in [-0.2, -0.15) is 13.5 Å². The van der Waals surface area contributed by atoms with Crippen LogP contribution in [0.15, 0.2) is 0 Å². The van der Waals surface area contributed by atoms with Crippen LogP contribution in [-0.2, 0) is 14.7 Å². The summed E-state index contributed by atoms with van der Waals surface area (Å²) in [6.45, 7) is 7.14. The van der Waals surface area contributed by atoms with Gasteiger partial charge >= 0.3 is 22.6 Å². The zero-order valence-electron chi connectivity index (χ0n) is 8.11. The highest BCUT2D eigenvalue weighted by Crippen LogP contribution is 2.30. The molecule has 2 fully saturated rings. The van der Waals surface area contributed by atoms with Gasteiger partial charge in [0.1, 0.15) is 0 Å². The first-order valence-electron chi connectivity index (χ1n) is 4.56. The van der Waals surface area contributed by atoms with Gasteiger partial charge in [0.25, 0.3) is 0 Å². The Balaban J connectivity index is 2.20. The van der Waals surface area contributed by atoms with E-state index in [1.807, 2.05) is 0 Å². The van der Waals surface area contributed by atoms with Crippen molar-refractivity contribution in [3.8, 4) is 0 Å². The monoisotopic (exact) mass is 247 g/mol. The zero-order valence-corrected chi connectivity index (χ0v) is 8.92. The summed E-state index contributed by atoms with van der Waals surface area (Å²) < 4.78 is 33.8. The van der Waals surface area contributed by atoms with Crippen LogP contribution >= 0.6 is 0 Å². The lowest BCUT2D eigenvalue weighted by atomic mass is 10.1. The maximum atomic E-state index is 11.6. The average molecular weight is 247 g/mol. The minimum Gasteiger partial charge on any atom is -0.290 e. The fourth-order valence-corrected chi connectivity index (χ4v) is 2.33. The Bertz CT molecular complexity index is 455. The van der Waals surface area contributed by atoms with Gasteiger partial charge in [-0.05, 0) is 6.42 Å². The van der Waals surface area contributed by atoms with Gasteiger partial charge in [-0.1, -0.05) is 0 Å². The minimum absolute atomic E-state index is 0.251. The normalized spacial score (nSPS) is 29.4. The van der Waals surface area contributed by atoms with E-state index in [4.69, 9.17) is 11.1 Å². The quantitative estimate of drug-likeness (QED) is 0.542. The summed E-state index contributed by atoms with van der Waals surface area (Å²) in [5, 5.41) is 0.626. The van der Waals surface area contributed by atoms with E-state index in [1.165, 1.54) is 4.90 Å². The summed E-state index contributed by atoms with van der Waals surface area (Å²) in [5.41, 5.74) is 0. The van der Waals surface area contributed by atoms with Gasteiger partial charge in [0.15, 0.2) is 0 Å². The van der Waals surface area contributed by atoms with Crippen molar-refractivity contribution in [1.82, 2.24) is 9.96 Å². The van der Waals surface area contributed by atoms with E-state index in [2.05, 4.69) is 9.13 Å². The van der Waals surface area contributed by atoms with Gasteiger partial charge in [-0.25, -0.2) is 11.4 Å². The average Bonchev–Trinajstić information content (AvgIpc) is 2.43. The lowest BCUT2D eigenvalue weighted by molar-refractivity contribution is -0.0316. The highest BCUT2D eigenvalue weighted by molar-refractivity contribution is 7.80. The van der Waals surface area contributed by atoms with E-state index in [0.717, 1.165) is 0 Å². The highest BCUT2D eigenvalue weighted by atomic mass is 32.3. The predicted octanol–water partition coefficient (Wildman–Crippen LogP) is -0.134. The largest absolute Gasteiger partial charge is 0.418 e. The van der Waals surface area contributed by atoms with Crippen molar-refractivity contribution in [3.63, 3.8) is 0 Å². The molecule has 0 aromatic carbocycles. The van der Waals surface area contributed by atoms with Crippen LogP contribution < -0.4 is 0 Å². The molecule has 2 aliphatic heterocycles. The van der Waals surface area contributed by atoms with Crippen molar-refractivity contribution in [3.05, 3.63) is 11.4 Å². The molecule has 2 bridgehead atoms. The van der Waals surface area contributed by atoms with Crippen LogP contribution in [0.25, 0.3) is 4.85 Å². The number of carbonyl (C=O) groups excluding carboxylic acids is 1. The molecule has 2 amide bonds. The Morgan fingerprint density at radius 3 is 2.75 bits per heavy atom. The Hall–Kier alpha value is -1.37. The Morgan fingerprint density at radius 1 is 1.50 bits per heavy atom. The molecule has 2 aliphatic rings. The molecular weight excluding hydrogens is 238 g/mol. The van der Waals surface area contributed by atoms with Gasteiger partial charge in [0.2, 0.25) is 0 Å². The number of hydrogen-bond donors (Lipinski definition) is 1. The molecule has 88 valence electrons. The Morgan fingerprint density at radius 2 is 2.19 bits per heavy atom. The third kappa shape index (κ3) is 1.82. The summed E-state index contributed by atoms with van der Waals surface area (Å²) in [4.78, 5) is 16.2. The van der Waals surface area contributed by atoms with Crippen LogP contribution in [-0.4, -0.2) is 47.7 Å². The van der Waals surface area contributed by atoms with Crippen LogP contribution in [0.1, 0.15) is 12.8 Å². The van der Waals surface area contributed by atoms with Gasteiger partial charge in [-0.15, -0.1) is 4.28 Å². The molecule has 2 heterocycles. The molecule has 0 aromatic heterocycles. The van der Waals surface area contributed by atoms with Crippen molar-refractivity contribution in [2.45, 2.75) is 25.0 Å². The molecule has 8 nitrogen and oxygen atoms in total. The van der Waals surface area contributed by atoms with E-state index in [1.54, 1.807) is 0 Å². The summed E-state index contributed by atoms with van der Waals surface area (Å²) in [6, 6.07) is -1.12. The van der Waals surface area contributed by atoms with E-state index < -0.39 is 28.6 Å². The minimum atomic E-state index is -4.70. The van der Waals surface area contributed by atoms with Crippen molar-refractivity contribution < 1.29 is 22.0 Å². The predicted molar refractivity (Wildman–Crippen MR) is 50.0 cm³/mol. The molecule has 0 radical (unpaired) electrons. The van der Waals surface area contributed by atoms with Crippen LogP contribution in [0.4, 0.5) is 4.79 Å². The molecule has 16 heavy (non-hydrogen) atoms. The second kappa shape index (κ2) is 3.58. The molecule has 2 rings (SSSR count). The maximum absolute atomic E-state index is 11.6. The third-order valence-corrected chi connectivity index (χ3v) is 2.96. The van der Waals surface area contributed by atoms with Crippen molar-refractivity contribution in [1.29, 1.82) is 0 Å². The van der Waals surface area contributed by atoms with E-state index in [0.29, 0.717) is 17.9 Å². The summed E-state index contributed by atoms with van der Waals surface area (Å²) >= 11 is 0. The second-order valence-corrected chi connectivity index (χ2v) is 4.61. The number of fused-ring (bicyclic) bond motifs is 2. The number of amides is 2. The summed E-state index contributed by atoms with van der Waals surface area (Å²) in [6.07, 6.45) is 0.384. The topological polar surface area (TPSA) is 91.5 Å². The van der Waals surface area contributed by atoms with Crippen LogP contribution in [0.5, 0.6) is 0 Å². The SMILES string of the molecule is [C-]#[N+]C1CC[C@@H]2CN1C(=O)N2OS(=O)(=O)O. The fourth-order valence-electron chi connectivity index (χ4n) is 1.95. The fraction of sp³-hybridized carbons (Fsp3) is 0.714. The van der Waals surface area contributed by atoms with E-state index in [9.17, 15) is 13.2 Å².